The maximum atomic E-state index is 13.2. The highest BCUT2D eigenvalue weighted by Crippen LogP contribution is 2.22. The molecule has 2 saturated heterocycles. The van der Waals surface area contributed by atoms with E-state index in [9.17, 15) is 9.59 Å². The van der Waals surface area contributed by atoms with Gasteiger partial charge in [-0.3, -0.25) is 9.59 Å². The smallest absolute Gasteiger partial charge is 0.258 e. The third-order valence-electron chi connectivity index (χ3n) is 5.79. The fourth-order valence-electron chi connectivity index (χ4n) is 4.08. The van der Waals surface area contributed by atoms with Crippen molar-refractivity contribution in [3.63, 3.8) is 0 Å². The molecule has 0 spiro atoms. The summed E-state index contributed by atoms with van der Waals surface area (Å²) in [5.74, 6) is -0.147. The second-order valence-corrected chi connectivity index (χ2v) is 7.97. The molecular weight excluding hydrogens is 378 g/mol. The van der Waals surface area contributed by atoms with Crippen molar-refractivity contribution in [2.75, 3.05) is 31.1 Å². The van der Waals surface area contributed by atoms with Crippen LogP contribution in [0.3, 0.4) is 0 Å². The van der Waals surface area contributed by atoms with Crippen LogP contribution in [0.1, 0.15) is 46.4 Å². The standard InChI is InChI=1S/C24H29N3O3/c28-23(26-16-20-8-4-14-25-20)18-10-12-21(13-11-18)27(17-22-9-5-15-30-22)24(29)19-6-2-1-3-7-19/h1-3,6-7,10-13,20,22,25H,4-5,8-9,14-17H2,(H,26,28). The summed E-state index contributed by atoms with van der Waals surface area (Å²) in [5.41, 5.74) is 2.01. The van der Waals surface area contributed by atoms with Crippen LogP contribution in [0.5, 0.6) is 0 Å². The molecule has 2 aliphatic rings. The lowest BCUT2D eigenvalue weighted by Gasteiger charge is -2.26. The second kappa shape index (κ2) is 9.87. The molecule has 0 saturated carbocycles. The van der Waals surface area contributed by atoms with E-state index in [1.807, 2.05) is 42.5 Å². The molecule has 2 amide bonds. The number of nitrogens with zero attached hydrogens (tertiary/aromatic N) is 1. The van der Waals surface area contributed by atoms with Gasteiger partial charge in [0, 0.05) is 36.0 Å². The number of ether oxygens (including phenoxy) is 1. The molecule has 158 valence electrons. The van der Waals surface area contributed by atoms with Crippen molar-refractivity contribution >= 4 is 17.5 Å². The first kappa shape index (κ1) is 20.6. The number of hydrogen-bond donors (Lipinski definition) is 2. The minimum absolute atomic E-state index is 0.0412. The van der Waals surface area contributed by atoms with Crippen LogP contribution in [0.25, 0.3) is 0 Å². The van der Waals surface area contributed by atoms with Gasteiger partial charge in [-0.05, 0) is 68.6 Å². The average Bonchev–Trinajstić information content (AvgIpc) is 3.50. The molecule has 2 aliphatic heterocycles. The van der Waals surface area contributed by atoms with Crippen LogP contribution in [0.4, 0.5) is 5.69 Å². The first-order valence-corrected chi connectivity index (χ1v) is 10.8. The third-order valence-corrected chi connectivity index (χ3v) is 5.79. The van der Waals surface area contributed by atoms with Crippen LogP contribution in [0.15, 0.2) is 54.6 Å². The van der Waals surface area contributed by atoms with Crippen molar-refractivity contribution in [3.05, 3.63) is 65.7 Å². The van der Waals surface area contributed by atoms with E-state index in [1.54, 1.807) is 17.0 Å². The number of nitrogens with one attached hydrogen (secondary N) is 2. The van der Waals surface area contributed by atoms with Gasteiger partial charge in [-0.15, -0.1) is 0 Å². The van der Waals surface area contributed by atoms with Crippen LogP contribution >= 0.6 is 0 Å². The van der Waals surface area contributed by atoms with Crippen molar-refractivity contribution in [2.24, 2.45) is 0 Å². The zero-order valence-corrected chi connectivity index (χ0v) is 17.2. The van der Waals surface area contributed by atoms with Crippen molar-refractivity contribution in [2.45, 2.75) is 37.8 Å². The highest BCUT2D eigenvalue weighted by atomic mass is 16.5. The lowest BCUT2D eigenvalue weighted by molar-refractivity contribution is 0.0917. The summed E-state index contributed by atoms with van der Waals surface area (Å²) in [6.07, 6.45) is 4.27. The molecule has 2 unspecified atom stereocenters. The molecule has 2 fully saturated rings. The summed E-state index contributed by atoms with van der Waals surface area (Å²) >= 11 is 0. The minimum Gasteiger partial charge on any atom is -0.376 e. The van der Waals surface area contributed by atoms with E-state index in [0.29, 0.717) is 30.3 Å². The molecule has 30 heavy (non-hydrogen) atoms. The number of carbonyl (C=O) groups excluding carboxylic acids is 2. The predicted octanol–water partition coefficient (Wildman–Crippen LogP) is 2.99. The van der Waals surface area contributed by atoms with Gasteiger partial charge in [-0.25, -0.2) is 0 Å². The Kier molecular flexibility index (Phi) is 6.77. The molecule has 2 aromatic carbocycles. The SMILES string of the molecule is O=C(NCC1CCCN1)c1ccc(N(CC2CCCO2)C(=O)c2ccccc2)cc1. The van der Waals surface area contributed by atoms with Gasteiger partial charge in [0.15, 0.2) is 0 Å². The van der Waals surface area contributed by atoms with E-state index in [2.05, 4.69) is 10.6 Å². The van der Waals surface area contributed by atoms with Crippen LogP contribution in [-0.2, 0) is 4.74 Å². The van der Waals surface area contributed by atoms with Gasteiger partial charge in [0.05, 0.1) is 12.6 Å². The minimum atomic E-state index is -0.0877. The molecule has 0 bridgehead atoms. The number of benzene rings is 2. The Labute approximate surface area is 177 Å². The molecule has 2 heterocycles. The molecule has 6 nitrogen and oxygen atoms in total. The molecule has 0 aliphatic carbocycles. The number of hydrogen-bond acceptors (Lipinski definition) is 4. The molecule has 4 rings (SSSR count). The molecule has 6 heteroatoms. The zero-order valence-electron chi connectivity index (χ0n) is 17.2. The van der Waals surface area contributed by atoms with E-state index < -0.39 is 0 Å². The number of rotatable bonds is 7. The number of anilines is 1. The Bertz CT molecular complexity index is 842. The van der Waals surface area contributed by atoms with Crippen molar-refractivity contribution < 1.29 is 14.3 Å². The maximum absolute atomic E-state index is 13.2. The van der Waals surface area contributed by atoms with Crippen LogP contribution < -0.4 is 15.5 Å². The second-order valence-electron chi connectivity index (χ2n) is 7.97. The predicted molar refractivity (Wildman–Crippen MR) is 117 cm³/mol. The van der Waals surface area contributed by atoms with Gasteiger partial charge in [0.1, 0.15) is 0 Å². The van der Waals surface area contributed by atoms with Crippen molar-refractivity contribution in [3.8, 4) is 0 Å². The normalized spacial score (nSPS) is 20.8. The van der Waals surface area contributed by atoms with Gasteiger partial charge in [-0.1, -0.05) is 18.2 Å². The maximum Gasteiger partial charge on any atom is 0.258 e. The third kappa shape index (κ3) is 5.07. The summed E-state index contributed by atoms with van der Waals surface area (Å²) in [6.45, 7) is 2.91. The van der Waals surface area contributed by atoms with Crippen LogP contribution in [-0.4, -0.2) is 50.2 Å². The van der Waals surface area contributed by atoms with Gasteiger partial charge in [-0.2, -0.15) is 0 Å². The topological polar surface area (TPSA) is 70.7 Å². The quantitative estimate of drug-likeness (QED) is 0.740. The summed E-state index contributed by atoms with van der Waals surface area (Å²) in [7, 11) is 0. The van der Waals surface area contributed by atoms with E-state index in [0.717, 1.165) is 44.5 Å². The van der Waals surface area contributed by atoms with Crippen LogP contribution in [0, 0.1) is 0 Å². The summed E-state index contributed by atoms with van der Waals surface area (Å²) in [5, 5.41) is 6.37. The first-order chi connectivity index (χ1) is 14.7. The van der Waals surface area contributed by atoms with E-state index >= 15 is 0 Å². The van der Waals surface area contributed by atoms with Gasteiger partial charge < -0.3 is 20.3 Å². The molecular formula is C24H29N3O3. The Morgan fingerprint density at radius 3 is 2.47 bits per heavy atom. The van der Waals surface area contributed by atoms with E-state index in [4.69, 9.17) is 4.74 Å². The summed E-state index contributed by atoms with van der Waals surface area (Å²) in [6, 6.07) is 16.9. The van der Waals surface area contributed by atoms with Gasteiger partial charge in [0.2, 0.25) is 0 Å². The summed E-state index contributed by atoms with van der Waals surface area (Å²) in [4.78, 5) is 27.4. The Balaban J connectivity index is 1.47. The summed E-state index contributed by atoms with van der Waals surface area (Å²) < 4.78 is 5.77. The van der Waals surface area contributed by atoms with E-state index in [-0.39, 0.29) is 17.9 Å². The monoisotopic (exact) mass is 407 g/mol. The molecule has 0 aromatic heterocycles. The lowest BCUT2D eigenvalue weighted by Crippen LogP contribution is -2.38. The van der Waals surface area contributed by atoms with Gasteiger partial charge in [0.25, 0.3) is 11.8 Å². The Morgan fingerprint density at radius 2 is 1.80 bits per heavy atom. The molecule has 2 N–H and O–H groups in total. The number of carbonyl (C=O) groups is 2. The first-order valence-electron chi connectivity index (χ1n) is 10.8. The largest absolute Gasteiger partial charge is 0.376 e. The van der Waals surface area contributed by atoms with Crippen molar-refractivity contribution in [1.82, 2.24) is 10.6 Å². The Hall–Kier alpha value is -2.70. The fraction of sp³-hybridized carbons (Fsp3) is 0.417. The fourth-order valence-corrected chi connectivity index (χ4v) is 4.08. The molecule has 2 aromatic rings. The zero-order chi connectivity index (χ0) is 20.8. The van der Waals surface area contributed by atoms with Gasteiger partial charge >= 0.3 is 0 Å². The molecule has 2 atom stereocenters. The van der Waals surface area contributed by atoms with E-state index in [1.165, 1.54) is 0 Å². The lowest BCUT2D eigenvalue weighted by atomic mass is 10.1. The molecule has 0 radical (unpaired) electrons. The van der Waals surface area contributed by atoms with Crippen molar-refractivity contribution in [1.29, 1.82) is 0 Å². The Morgan fingerprint density at radius 1 is 1.00 bits per heavy atom. The highest BCUT2D eigenvalue weighted by molar-refractivity contribution is 6.06. The van der Waals surface area contributed by atoms with Crippen LogP contribution in [0.2, 0.25) is 0 Å². The highest BCUT2D eigenvalue weighted by Gasteiger charge is 2.25. The average molecular weight is 408 g/mol. The number of amides is 2.